The van der Waals surface area contributed by atoms with E-state index in [0.717, 1.165) is 4.90 Å². The third kappa shape index (κ3) is 9.14. The highest BCUT2D eigenvalue weighted by atomic mass is 19.4. The van der Waals surface area contributed by atoms with Crippen LogP contribution in [0.4, 0.5) is 13.2 Å². The smallest absolute Gasteiger partial charge is 0.382 e. The Morgan fingerprint density at radius 3 is 2.50 bits per heavy atom. The fourth-order valence-electron chi connectivity index (χ4n) is 1.84. The van der Waals surface area contributed by atoms with Gasteiger partial charge in [0.05, 0.1) is 0 Å². The Morgan fingerprint density at radius 2 is 2.00 bits per heavy atom. The average Bonchev–Trinajstić information content (AvgIpc) is 2.37. The Labute approximate surface area is 118 Å². The number of nitrogens with two attached hydrogens (primary N) is 1. The third-order valence-corrected chi connectivity index (χ3v) is 2.87. The Hall–Kier alpha value is -0.820. The van der Waals surface area contributed by atoms with Crippen molar-refractivity contribution in [1.82, 2.24) is 4.90 Å². The first-order valence-corrected chi connectivity index (χ1v) is 6.95. The van der Waals surface area contributed by atoms with Gasteiger partial charge in [-0.25, -0.2) is 0 Å². The molecule has 20 heavy (non-hydrogen) atoms. The van der Waals surface area contributed by atoms with E-state index < -0.39 is 24.5 Å². The first-order valence-electron chi connectivity index (χ1n) is 6.95. The van der Waals surface area contributed by atoms with Gasteiger partial charge in [0.2, 0.25) is 5.91 Å². The summed E-state index contributed by atoms with van der Waals surface area (Å²) in [4.78, 5) is 12.9. The number of ether oxygens (including phenoxy) is 1. The molecule has 7 heteroatoms. The molecule has 2 N–H and O–H groups in total. The van der Waals surface area contributed by atoms with Gasteiger partial charge in [-0.05, 0) is 32.7 Å². The van der Waals surface area contributed by atoms with Crippen LogP contribution < -0.4 is 5.73 Å². The Balaban J connectivity index is 4.45. The van der Waals surface area contributed by atoms with Crippen LogP contribution in [0.25, 0.3) is 0 Å². The second-order valence-corrected chi connectivity index (χ2v) is 4.76. The molecule has 0 aliphatic rings. The van der Waals surface area contributed by atoms with E-state index >= 15 is 0 Å². The fourth-order valence-corrected chi connectivity index (χ4v) is 1.84. The summed E-state index contributed by atoms with van der Waals surface area (Å²) in [5, 5.41) is 0. The molecule has 0 aliphatic carbocycles. The molecular weight excluding hydrogens is 273 g/mol. The van der Waals surface area contributed by atoms with Crippen molar-refractivity contribution in [3.05, 3.63) is 0 Å². The SMILES string of the molecule is CCOCCCN(CC(F)(F)F)C(=O)C(C)CCCN. The van der Waals surface area contributed by atoms with Crippen molar-refractivity contribution in [2.75, 3.05) is 32.8 Å². The van der Waals surface area contributed by atoms with Crippen molar-refractivity contribution in [1.29, 1.82) is 0 Å². The Kier molecular flexibility index (Phi) is 9.58. The zero-order valence-electron chi connectivity index (χ0n) is 12.2. The monoisotopic (exact) mass is 298 g/mol. The molecule has 1 amide bonds. The van der Waals surface area contributed by atoms with Crippen LogP contribution in [0.3, 0.4) is 0 Å². The standard InChI is InChI=1S/C13H25F3N2O2/c1-3-20-9-5-8-18(10-13(14,15)16)12(19)11(2)6-4-7-17/h11H,3-10,17H2,1-2H3. The van der Waals surface area contributed by atoms with Crippen LogP contribution in [-0.4, -0.2) is 49.8 Å². The predicted molar refractivity (Wildman–Crippen MR) is 71.2 cm³/mol. The largest absolute Gasteiger partial charge is 0.406 e. The van der Waals surface area contributed by atoms with E-state index in [-0.39, 0.29) is 6.54 Å². The maximum Gasteiger partial charge on any atom is 0.406 e. The van der Waals surface area contributed by atoms with Crippen LogP contribution in [0.2, 0.25) is 0 Å². The van der Waals surface area contributed by atoms with E-state index in [4.69, 9.17) is 10.5 Å². The molecule has 0 aromatic rings. The van der Waals surface area contributed by atoms with Gasteiger partial charge in [-0.2, -0.15) is 13.2 Å². The molecule has 1 unspecified atom stereocenters. The minimum absolute atomic E-state index is 0.0608. The third-order valence-electron chi connectivity index (χ3n) is 2.87. The average molecular weight is 298 g/mol. The number of carbonyl (C=O) groups excluding carboxylic acids is 1. The van der Waals surface area contributed by atoms with Crippen LogP contribution in [0, 0.1) is 5.92 Å². The van der Waals surface area contributed by atoms with Crippen LogP contribution in [-0.2, 0) is 9.53 Å². The van der Waals surface area contributed by atoms with Gasteiger partial charge in [0.25, 0.3) is 0 Å². The number of hydrogen-bond donors (Lipinski definition) is 1. The van der Waals surface area contributed by atoms with Gasteiger partial charge in [0, 0.05) is 25.7 Å². The van der Waals surface area contributed by atoms with Crippen LogP contribution in [0.15, 0.2) is 0 Å². The van der Waals surface area contributed by atoms with Gasteiger partial charge in [-0.3, -0.25) is 4.79 Å². The summed E-state index contributed by atoms with van der Waals surface area (Å²) < 4.78 is 42.6. The maximum absolute atomic E-state index is 12.5. The summed E-state index contributed by atoms with van der Waals surface area (Å²) in [5.41, 5.74) is 5.35. The van der Waals surface area contributed by atoms with Crippen molar-refractivity contribution in [2.24, 2.45) is 11.7 Å². The summed E-state index contributed by atoms with van der Waals surface area (Å²) in [6, 6.07) is 0. The van der Waals surface area contributed by atoms with Crippen LogP contribution in [0.1, 0.15) is 33.1 Å². The number of halogens is 3. The first-order chi connectivity index (χ1) is 9.31. The molecule has 0 fully saturated rings. The highest BCUT2D eigenvalue weighted by Crippen LogP contribution is 2.19. The van der Waals surface area contributed by atoms with Crippen molar-refractivity contribution in [3.63, 3.8) is 0 Å². The molecule has 120 valence electrons. The molecule has 0 saturated carbocycles. The first kappa shape index (κ1) is 19.2. The lowest BCUT2D eigenvalue weighted by molar-refractivity contribution is -0.164. The predicted octanol–water partition coefficient (Wildman–Crippen LogP) is 2.18. The molecule has 0 radical (unpaired) electrons. The molecule has 4 nitrogen and oxygen atoms in total. The van der Waals surface area contributed by atoms with Crippen molar-refractivity contribution in [2.45, 2.75) is 39.3 Å². The molecule has 0 aromatic carbocycles. The number of carbonyl (C=O) groups is 1. The minimum Gasteiger partial charge on any atom is -0.382 e. The zero-order chi connectivity index (χ0) is 15.6. The second kappa shape index (κ2) is 9.99. The van der Waals surface area contributed by atoms with Gasteiger partial charge in [-0.15, -0.1) is 0 Å². The van der Waals surface area contributed by atoms with Crippen molar-refractivity contribution in [3.8, 4) is 0 Å². The lowest BCUT2D eigenvalue weighted by Crippen LogP contribution is -2.42. The molecule has 1 atom stereocenters. The molecule has 0 bridgehead atoms. The second-order valence-electron chi connectivity index (χ2n) is 4.76. The number of alkyl halides is 3. The zero-order valence-corrected chi connectivity index (χ0v) is 12.2. The quantitative estimate of drug-likeness (QED) is 0.629. The molecule has 0 spiro atoms. The molecular formula is C13H25F3N2O2. The molecule has 0 aliphatic heterocycles. The van der Waals surface area contributed by atoms with E-state index in [1.807, 2.05) is 6.92 Å². The molecule has 0 rings (SSSR count). The normalized spacial score (nSPS) is 13.3. The lowest BCUT2D eigenvalue weighted by atomic mass is 10.0. The summed E-state index contributed by atoms with van der Waals surface area (Å²) in [5.74, 6) is -0.903. The van der Waals surface area contributed by atoms with Gasteiger partial charge in [-0.1, -0.05) is 6.92 Å². The molecule has 0 heterocycles. The van der Waals surface area contributed by atoms with Crippen molar-refractivity contribution < 1.29 is 22.7 Å². The molecule has 0 saturated heterocycles. The van der Waals surface area contributed by atoms with Crippen LogP contribution in [0.5, 0.6) is 0 Å². The maximum atomic E-state index is 12.5. The number of amides is 1. The lowest BCUT2D eigenvalue weighted by Gasteiger charge is -2.26. The number of rotatable bonds is 10. The van der Waals surface area contributed by atoms with E-state index in [1.165, 1.54) is 0 Å². The molecule has 0 aromatic heterocycles. The summed E-state index contributed by atoms with van der Waals surface area (Å²) in [6.45, 7) is 3.62. The van der Waals surface area contributed by atoms with E-state index in [0.29, 0.717) is 39.0 Å². The van der Waals surface area contributed by atoms with Gasteiger partial charge >= 0.3 is 6.18 Å². The van der Waals surface area contributed by atoms with E-state index in [9.17, 15) is 18.0 Å². The van der Waals surface area contributed by atoms with Gasteiger partial charge in [0.15, 0.2) is 0 Å². The number of nitrogens with zero attached hydrogens (tertiary/aromatic N) is 1. The Bertz CT molecular complexity index is 273. The summed E-state index contributed by atoms with van der Waals surface area (Å²) >= 11 is 0. The van der Waals surface area contributed by atoms with Gasteiger partial charge < -0.3 is 15.4 Å². The van der Waals surface area contributed by atoms with Crippen molar-refractivity contribution >= 4 is 5.91 Å². The highest BCUT2D eigenvalue weighted by molar-refractivity contribution is 5.78. The number of hydrogen-bond acceptors (Lipinski definition) is 3. The minimum atomic E-state index is -4.38. The van der Waals surface area contributed by atoms with Gasteiger partial charge in [0.1, 0.15) is 6.54 Å². The van der Waals surface area contributed by atoms with Crippen LogP contribution >= 0.6 is 0 Å². The summed E-state index contributed by atoms with van der Waals surface area (Å²) in [6.07, 6.45) is -2.84. The highest BCUT2D eigenvalue weighted by Gasteiger charge is 2.33. The topological polar surface area (TPSA) is 55.6 Å². The Morgan fingerprint density at radius 1 is 1.35 bits per heavy atom. The summed E-state index contributed by atoms with van der Waals surface area (Å²) in [7, 11) is 0. The fraction of sp³-hybridized carbons (Fsp3) is 0.923. The van der Waals surface area contributed by atoms with E-state index in [2.05, 4.69) is 0 Å². The van der Waals surface area contributed by atoms with E-state index in [1.54, 1.807) is 6.92 Å².